The molecule has 138 valence electrons. The van der Waals surface area contributed by atoms with Crippen LogP contribution in [0.1, 0.15) is 24.8 Å². The lowest BCUT2D eigenvalue weighted by atomic mass is 10.2. The van der Waals surface area contributed by atoms with Crippen LogP contribution in [-0.2, 0) is 16.1 Å². The van der Waals surface area contributed by atoms with E-state index in [-0.39, 0.29) is 30.3 Å². The summed E-state index contributed by atoms with van der Waals surface area (Å²) in [4.78, 5) is 29.4. The molecule has 0 aromatic heterocycles. The van der Waals surface area contributed by atoms with Crippen LogP contribution in [0.3, 0.4) is 0 Å². The number of nitrogens with zero attached hydrogens (tertiary/aromatic N) is 3. The Morgan fingerprint density at radius 1 is 1.24 bits per heavy atom. The number of amides is 2. The number of hydrogen-bond acceptors (Lipinski definition) is 3. The Bertz CT molecular complexity index is 622. The summed E-state index contributed by atoms with van der Waals surface area (Å²) in [5, 5.41) is 0. The van der Waals surface area contributed by atoms with Crippen molar-refractivity contribution in [3.8, 4) is 0 Å². The summed E-state index contributed by atoms with van der Waals surface area (Å²) in [6.45, 7) is 2.25. The van der Waals surface area contributed by atoms with Gasteiger partial charge in [0.25, 0.3) is 0 Å². The fourth-order valence-corrected chi connectivity index (χ4v) is 2.80. The third kappa shape index (κ3) is 5.77. The number of halogens is 2. The van der Waals surface area contributed by atoms with Gasteiger partial charge in [-0.25, -0.2) is 8.78 Å². The largest absolute Gasteiger partial charge is 0.342 e. The van der Waals surface area contributed by atoms with Crippen LogP contribution < -0.4 is 0 Å². The van der Waals surface area contributed by atoms with E-state index in [1.165, 1.54) is 12.1 Å². The van der Waals surface area contributed by atoms with E-state index in [0.29, 0.717) is 32.6 Å². The number of carbonyl (C=O) groups is 2. The van der Waals surface area contributed by atoms with Crippen molar-refractivity contribution < 1.29 is 18.4 Å². The molecule has 1 aliphatic heterocycles. The van der Waals surface area contributed by atoms with Crippen LogP contribution in [0.5, 0.6) is 0 Å². The van der Waals surface area contributed by atoms with Crippen LogP contribution in [0.4, 0.5) is 8.78 Å². The maximum Gasteiger partial charge on any atom is 0.224 e. The average molecular weight is 353 g/mol. The van der Waals surface area contributed by atoms with Crippen molar-refractivity contribution in [2.24, 2.45) is 0 Å². The molecule has 0 saturated carbocycles. The summed E-state index contributed by atoms with van der Waals surface area (Å²) in [6.07, 6.45) is 1.58. The van der Waals surface area contributed by atoms with Gasteiger partial charge in [-0.1, -0.05) is 6.07 Å². The maximum absolute atomic E-state index is 13.9. The zero-order valence-corrected chi connectivity index (χ0v) is 14.8. The van der Waals surface area contributed by atoms with Gasteiger partial charge in [0.05, 0.1) is 0 Å². The monoisotopic (exact) mass is 353 g/mol. The van der Waals surface area contributed by atoms with Crippen LogP contribution in [0.15, 0.2) is 18.2 Å². The summed E-state index contributed by atoms with van der Waals surface area (Å²) in [5.41, 5.74) is 0.283. The van der Waals surface area contributed by atoms with Crippen LogP contribution >= 0.6 is 0 Å². The lowest BCUT2D eigenvalue weighted by Gasteiger charge is -2.26. The van der Waals surface area contributed by atoms with Crippen molar-refractivity contribution in [2.45, 2.75) is 25.8 Å². The molecule has 1 fully saturated rings. The molecule has 1 aliphatic rings. The van der Waals surface area contributed by atoms with Gasteiger partial charge in [0.1, 0.15) is 11.6 Å². The number of likely N-dealkylation sites (tertiary alicyclic amines) is 1. The molecule has 1 aromatic carbocycles. The molecule has 5 nitrogen and oxygen atoms in total. The fourth-order valence-electron chi connectivity index (χ4n) is 2.80. The van der Waals surface area contributed by atoms with Crippen LogP contribution in [0.25, 0.3) is 0 Å². The molecule has 0 bridgehead atoms. The Kier molecular flexibility index (Phi) is 6.87. The van der Waals surface area contributed by atoms with Crippen molar-refractivity contribution in [3.05, 3.63) is 35.4 Å². The van der Waals surface area contributed by atoms with Crippen LogP contribution in [0, 0.1) is 11.6 Å². The van der Waals surface area contributed by atoms with Crippen LogP contribution in [0.2, 0.25) is 0 Å². The number of carbonyl (C=O) groups excluding carboxylic acids is 2. The number of likely N-dealkylation sites (N-methyl/N-ethyl adjacent to an activating group) is 1. The molecular weight excluding hydrogens is 328 g/mol. The third-order valence-electron chi connectivity index (χ3n) is 4.31. The van der Waals surface area contributed by atoms with Crippen LogP contribution in [-0.4, -0.2) is 66.8 Å². The average Bonchev–Trinajstić information content (AvgIpc) is 2.96. The summed E-state index contributed by atoms with van der Waals surface area (Å²) in [7, 11) is 3.79. The van der Waals surface area contributed by atoms with Crippen molar-refractivity contribution in [1.82, 2.24) is 14.7 Å². The van der Waals surface area contributed by atoms with Gasteiger partial charge in [-0.05, 0) is 26.6 Å². The topological polar surface area (TPSA) is 43.9 Å². The van der Waals surface area contributed by atoms with E-state index in [0.717, 1.165) is 12.5 Å². The molecular formula is C18H25F2N3O2. The van der Waals surface area contributed by atoms with E-state index >= 15 is 0 Å². The van der Waals surface area contributed by atoms with E-state index in [2.05, 4.69) is 0 Å². The maximum atomic E-state index is 13.9. The number of benzene rings is 1. The van der Waals surface area contributed by atoms with Crippen molar-refractivity contribution in [2.75, 3.05) is 40.3 Å². The molecule has 7 heteroatoms. The second-order valence-electron chi connectivity index (χ2n) is 6.59. The molecule has 0 spiro atoms. The van der Waals surface area contributed by atoms with Gasteiger partial charge in [0.2, 0.25) is 11.8 Å². The van der Waals surface area contributed by atoms with Gasteiger partial charge in [0, 0.05) is 57.2 Å². The second-order valence-corrected chi connectivity index (χ2v) is 6.59. The van der Waals surface area contributed by atoms with Gasteiger partial charge in [-0.3, -0.25) is 9.59 Å². The zero-order chi connectivity index (χ0) is 18.4. The van der Waals surface area contributed by atoms with Gasteiger partial charge >= 0.3 is 0 Å². The molecule has 1 aromatic rings. The summed E-state index contributed by atoms with van der Waals surface area (Å²) in [6, 6.07) is 3.38. The van der Waals surface area contributed by atoms with E-state index in [1.807, 2.05) is 19.0 Å². The first-order valence-electron chi connectivity index (χ1n) is 8.51. The highest BCUT2D eigenvalue weighted by atomic mass is 19.1. The van der Waals surface area contributed by atoms with E-state index in [4.69, 9.17) is 0 Å². The van der Waals surface area contributed by atoms with Crippen molar-refractivity contribution >= 4 is 11.8 Å². The Balaban J connectivity index is 2.00. The third-order valence-corrected chi connectivity index (χ3v) is 4.31. The molecule has 0 atom stereocenters. The van der Waals surface area contributed by atoms with Crippen molar-refractivity contribution in [1.29, 1.82) is 0 Å². The van der Waals surface area contributed by atoms with Gasteiger partial charge in [-0.2, -0.15) is 0 Å². The van der Waals surface area contributed by atoms with Gasteiger partial charge < -0.3 is 14.7 Å². The summed E-state index contributed by atoms with van der Waals surface area (Å²) < 4.78 is 27.0. The summed E-state index contributed by atoms with van der Waals surface area (Å²) in [5.74, 6) is -1.35. The molecule has 0 N–H and O–H groups in total. The molecule has 2 rings (SSSR count). The Labute approximate surface area is 147 Å². The molecule has 0 aliphatic carbocycles. The Hall–Kier alpha value is -2.02. The fraction of sp³-hybridized carbons (Fsp3) is 0.556. The first kappa shape index (κ1) is 19.3. The highest BCUT2D eigenvalue weighted by Gasteiger charge is 2.22. The quantitative estimate of drug-likeness (QED) is 0.717. The normalized spacial score (nSPS) is 14.4. The molecule has 1 heterocycles. The number of rotatable bonds is 8. The lowest BCUT2D eigenvalue weighted by Crippen LogP contribution is -2.38. The lowest BCUT2D eigenvalue weighted by molar-refractivity contribution is -0.133. The Morgan fingerprint density at radius 3 is 2.60 bits per heavy atom. The first-order chi connectivity index (χ1) is 11.9. The number of hydrogen-bond donors (Lipinski definition) is 0. The van der Waals surface area contributed by atoms with Gasteiger partial charge in [0.15, 0.2) is 0 Å². The minimum Gasteiger partial charge on any atom is -0.342 e. The molecule has 0 unspecified atom stereocenters. The molecule has 1 saturated heterocycles. The predicted molar refractivity (Wildman–Crippen MR) is 90.8 cm³/mol. The smallest absolute Gasteiger partial charge is 0.224 e. The van der Waals surface area contributed by atoms with E-state index < -0.39 is 11.6 Å². The van der Waals surface area contributed by atoms with E-state index in [1.54, 1.807) is 9.80 Å². The minimum absolute atomic E-state index is 0.0808. The SMILES string of the molecule is CN(C)CCN(Cc1ccc(F)cc1F)C(=O)CCN1CCCC1=O. The first-order valence-corrected chi connectivity index (χ1v) is 8.51. The minimum atomic E-state index is -0.655. The highest BCUT2D eigenvalue weighted by Crippen LogP contribution is 2.14. The standard InChI is InChI=1S/C18H25F2N3O2/c1-21(2)10-11-23(13-14-5-6-15(19)12-16(14)20)18(25)7-9-22-8-3-4-17(22)24/h5-6,12H,3-4,7-11,13H2,1-2H3. The molecule has 25 heavy (non-hydrogen) atoms. The predicted octanol–water partition coefficient (Wildman–Crippen LogP) is 1.87. The van der Waals surface area contributed by atoms with Gasteiger partial charge in [-0.15, -0.1) is 0 Å². The summed E-state index contributed by atoms with van der Waals surface area (Å²) >= 11 is 0. The Morgan fingerprint density at radius 2 is 2.00 bits per heavy atom. The molecule has 0 radical (unpaired) electrons. The second kappa shape index (κ2) is 8.89. The van der Waals surface area contributed by atoms with E-state index in [9.17, 15) is 18.4 Å². The molecule has 2 amide bonds. The van der Waals surface area contributed by atoms with Crippen molar-refractivity contribution in [3.63, 3.8) is 0 Å². The highest BCUT2D eigenvalue weighted by molar-refractivity contribution is 5.80. The zero-order valence-electron chi connectivity index (χ0n) is 14.8.